The van der Waals surface area contributed by atoms with Gasteiger partial charge < -0.3 is 14.6 Å². The Kier molecular flexibility index (Phi) is 4.18. The van der Waals surface area contributed by atoms with E-state index in [0.29, 0.717) is 12.0 Å². The van der Waals surface area contributed by atoms with Crippen molar-refractivity contribution in [2.75, 3.05) is 6.61 Å². The normalized spacial score (nSPS) is 23.7. The largest absolute Gasteiger partial charge is 0.508 e. The summed E-state index contributed by atoms with van der Waals surface area (Å²) < 4.78 is 10.5. The van der Waals surface area contributed by atoms with E-state index in [9.17, 15) is 14.7 Å². The highest BCUT2D eigenvalue weighted by Gasteiger charge is 2.67. The third kappa shape index (κ3) is 3.08. The number of phenolic OH excluding ortho intramolecular Hbond substituents is 1. The van der Waals surface area contributed by atoms with Gasteiger partial charge in [0.1, 0.15) is 16.8 Å². The lowest BCUT2D eigenvalue weighted by Crippen LogP contribution is -2.31. The third-order valence-corrected chi connectivity index (χ3v) is 3.67. The van der Waals surface area contributed by atoms with Crippen molar-refractivity contribution in [2.24, 2.45) is 5.92 Å². The van der Waals surface area contributed by atoms with Gasteiger partial charge in [-0.1, -0.05) is 12.1 Å². The third-order valence-electron chi connectivity index (χ3n) is 3.67. The first-order chi connectivity index (χ1) is 10.2. The molecule has 22 heavy (non-hydrogen) atoms. The highest BCUT2D eigenvalue weighted by molar-refractivity contribution is 5.96. The molecule has 5 heteroatoms. The number of hydrogen-bond donors (Lipinski definition) is 1. The van der Waals surface area contributed by atoms with Crippen molar-refractivity contribution in [3.63, 3.8) is 0 Å². The lowest BCUT2D eigenvalue weighted by molar-refractivity contribution is -0.160. The molecular formula is C17H22O5. The summed E-state index contributed by atoms with van der Waals surface area (Å²) in [5.41, 5.74) is -0.930. The zero-order valence-electron chi connectivity index (χ0n) is 13.4. The molecule has 1 saturated carbocycles. The maximum atomic E-state index is 12.4. The van der Waals surface area contributed by atoms with Gasteiger partial charge in [-0.25, -0.2) is 0 Å². The van der Waals surface area contributed by atoms with Gasteiger partial charge >= 0.3 is 11.9 Å². The second-order valence-corrected chi connectivity index (χ2v) is 6.53. The first-order valence-corrected chi connectivity index (χ1v) is 7.40. The highest BCUT2D eigenvalue weighted by Crippen LogP contribution is 2.56. The van der Waals surface area contributed by atoms with E-state index in [4.69, 9.17) is 9.47 Å². The molecule has 0 amide bonds. The van der Waals surface area contributed by atoms with Gasteiger partial charge in [0.25, 0.3) is 0 Å². The maximum Gasteiger partial charge on any atom is 0.317 e. The summed E-state index contributed by atoms with van der Waals surface area (Å²) in [7, 11) is 0. The van der Waals surface area contributed by atoms with E-state index < -0.39 is 28.9 Å². The molecule has 1 aromatic rings. The fourth-order valence-electron chi connectivity index (χ4n) is 2.60. The van der Waals surface area contributed by atoms with Crippen LogP contribution in [0.25, 0.3) is 0 Å². The quantitative estimate of drug-likeness (QED) is 0.865. The summed E-state index contributed by atoms with van der Waals surface area (Å²) >= 11 is 0. The monoisotopic (exact) mass is 306 g/mol. The van der Waals surface area contributed by atoms with Crippen LogP contribution in [0, 0.1) is 5.92 Å². The predicted octanol–water partition coefficient (Wildman–Crippen LogP) is 2.55. The Hall–Kier alpha value is -2.04. The fourth-order valence-corrected chi connectivity index (χ4v) is 2.60. The van der Waals surface area contributed by atoms with E-state index in [1.165, 1.54) is 12.1 Å². The number of esters is 2. The molecule has 1 aliphatic carbocycles. The zero-order valence-corrected chi connectivity index (χ0v) is 13.4. The molecule has 0 radical (unpaired) electrons. The van der Waals surface area contributed by atoms with Gasteiger partial charge in [0.2, 0.25) is 0 Å². The molecule has 1 aliphatic rings. The van der Waals surface area contributed by atoms with Crippen molar-refractivity contribution in [2.45, 2.75) is 45.1 Å². The summed E-state index contributed by atoms with van der Waals surface area (Å²) in [6, 6.07) is 6.30. The highest BCUT2D eigenvalue weighted by atomic mass is 16.6. The number of hydrogen-bond acceptors (Lipinski definition) is 5. The topological polar surface area (TPSA) is 72.8 Å². The number of carbonyl (C=O) groups excluding carboxylic acids is 2. The van der Waals surface area contributed by atoms with Gasteiger partial charge in [-0.3, -0.25) is 9.59 Å². The van der Waals surface area contributed by atoms with Crippen LogP contribution in [0.2, 0.25) is 0 Å². The van der Waals surface area contributed by atoms with Crippen LogP contribution < -0.4 is 0 Å². The summed E-state index contributed by atoms with van der Waals surface area (Å²) in [6.07, 6.45) is 0.367. The van der Waals surface area contributed by atoms with E-state index in [1.54, 1.807) is 39.8 Å². The van der Waals surface area contributed by atoms with Crippen LogP contribution in [0.5, 0.6) is 5.75 Å². The average Bonchev–Trinajstić information content (AvgIpc) is 3.15. The number of aromatic hydroxyl groups is 1. The molecule has 1 fully saturated rings. The van der Waals surface area contributed by atoms with Crippen LogP contribution in [0.4, 0.5) is 0 Å². The molecule has 0 saturated heterocycles. The van der Waals surface area contributed by atoms with Gasteiger partial charge in [-0.05, 0) is 51.8 Å². The van der Waals surface area contributed by atoms with E-state index in [1.807, 2.05) is 0 Å². The smallest absolute Gasteiger partial charge is 0.317 e. The Morgan fingerprint density at radius 3 is 2.36 bits per heavy atom. The molecule has 0 heterocycles. The molecule has 1 aromatic carbocycles. The maximum absolute atomic E-state index is 12.4. The van der Waals surface area contributed by atoms with Gasteiger partial charge in [-0.15, -0.1) is 0 Å². The van der Waals surface area contributed by atoms with Crippen molar-refractivity contribution >= 4 is 11.9 Å². The SMILES string of the molecule is CCOC(=O)[C@@]1(c2ccc(O)cc2)CC1C(=O)OC(C)(C)C. The molecule has 0 aliphatic heterocycles. The van der Waals surface area contributed by atoms with Crippen LogP contribution >= 0.6 is 0 Å². The van der Waals surface area contributed by atoms with Crippen LogP contribution in [-0.2, 0) is 24.5 Å². The Bertz CT molecular complexity index is 570. The molecule has 0 spiro atoms. The first-order valence-electron chi connectivity index (χ1n) is 7.40. The number of benzene rings is 1. The Morgan fingerprint density at radius 2 is 1.86 bits per heavy atom. The summed E-state index contributed by atoms with van der Waals surface area (Å²) in [5, 5.41) is 9.40. The van der Waals surface area contributed by atoms with E-state index >= 15 is 0 Å². The number of phenols is 1. The zero-order chi connectivity index (χ0) is 16.5. The standard InChI is InChI=1S/C17H22O5/c1-5-21-15(20)17(11-6-8-12(18)9-7-11)10-13(17)14(19)22-16(2,3)4/h6-9,13,18H,5,10H2,1-4H3/t13?,17-/m1/s1. The van der Waals surface area contributed by atoms with Gasteiger partial charge in [0, 0.05) is 0 Å². The fraction of sp³-hybridized carbons (Fsp3) is 0.529. The minimum absolute atomic E-state index is 0.109. The lowest BCUT2D eigenvalue weighted by Gasteiger charge is -2.21. The van der Waals surface area contributed by atoms with Crippen LogP contribution in [-0.4, -0.2) is 29.3 Å². The second kappa shape index (κ2) is 5.63. The van der Waals surface area contributed by atoms with Crippen LogP contribution in [0.3, 0.4) is 0 Å². The molecule has 1 unspecified atom stereocenters. The lowest BCUT2D eigenvalue weighted by atomic mass is 9.93. The van der Waals surface area contributed by atoms with E-state index in [2.05, 4.69) is 0 Å². The van der Waals surface area contributed by atoms with Crippen LogP contribution in [0.1, 0.15) is 39.7 Å². The van der Waals surface area contributed by atoms with Gasteiger partial charge in [-0.2, -0.15) is 0 Å². The summed E-state index contributed by atoms with van der Waals surface area (Å²) in [6.45, 7) is 7.35. The van der Waals surface area contributed by atoms with E-state index in [0.717, 1.165) is 0 Å². The number of rotatable bonds is 4. The molecular weight excluding hydrogens is 284 g/mol. The van der Waals surface area contributed by atoms with Gasteiger partial charge in [0.15, 0.2) is 0 Å². The number of ether oxygens (including phenoxy) is 2. The van der Waals surface area contributed by atoms with Gasteiger partial charge in [0.05, 0.1) is 12.5 Å². The predicted molar refractivity (Wildman–Crippen MR) is 80.4 cm³/mol. The van der Waals surface area contributed by atoms with Crippen molar-refractivity contribution in [1.29, 1.82) is 0 Å². The van der Waals surface area contributed by atoms with E-state index in [-0.39, 0.29) is 12.4 Å². The van der Waals surface area contributed by atoms with Crippen molar-refractivity contribution < 1.29 is 24.2 Å². The minimum atomic E-state index is -0.994. The molecule has 1 N–H and O–H groups in total. The van der Waals surface area contributed by atoms with Crippen molar-refractivity contribution in [1.82, 2.24) is 0 Å². The molecule has 2 atom stereocenters. The Labute approximate surface area is 130 Å². The number of carbonyl (C=O) groups is 2. The van der Waals surface area contributed by atoms with Crippen molar-refractivity contribution in [3.05, 3.63) is 29.8 Å². The molecule has 2 rings (SSSR count). The van der Waals surface area contributed by atoms with Crippen LogP contribution in [0.15, 0.2) is 24.3 Å². The Balaban J connectivity index is 2.29. The molecule has 120 valence electrons. The minimum Gasteiger partial charge on any atom is -0.508 e. The molecule has 0 aromatic heterocycles. The Morgan fingerprint density at radius 1 is 1.27 bits per heavy atom. The first kappa shape index (κ1) is 16.3. The molecule has 5 nitrogen and oxygen atoms in total. The molecule has 0 bridgehead atoms. The average molecular weight is 306 g/mol. The van der Waals surface area contributed by atoms with Crippen molar-refractivity contribution in [3.8, 4) is 5.75 Å². The second-order valence-electron chi connectivity index (χ2n) is 6.53. The summed E-state index contributed by atoms with van der Waals surface area (Å²) in [4.78, 5) is 24.7. The summed E-state index contributed by atoms with van der Waals surface area (Å²) in [5.74, 6) is -1.25.